The predicted octanol–water partition coefficient (Wildman–Crippen LogP) is 3.99. The average Bonchev–Trinajstić information content (AvgIpc) is 0.768. The lowest BCUT2D eigenvalue weighted by Gasteiger charge is -2.57. The number of rotatable bonds is 10. The second kappa shape index (κ2) is 25.0. The van der Waals surface area contributed by atoms with E-state index in [9.17, 15) is 54.6 Å². The smallest absolute Gasteiger partial charge is 0.248 e. The highest BCUT2D eigenvalue weighted by atomic mass is 35.5. The van der Waals surface area contributed by atoms with E-state index in [2.05, 4.69) is 42.5 Å². The molecule has 5 aromatic carbocycles. The zero-order valence-corrected chi connectivity index (χ0v) is 49.9. The first-order valence-electron chi connectivity index (χ1n) is 29.8. The van der Waals surface area contributed by atoms with Crippen LogP contribution in [0, 0.1) is 29.1 Å². The lowest BCUT2D eigenvalue weighted by Crippen LogP contribution is -2.59. The number of aromatic hydroxyl groups is 4. The highest BCUT2D eigenvalue weighted by Gasteiger charge is 2.51. The minimum atomic E-state index is -2.11. The Kier molecular flexibility index (Phi) is 17.4. The molecule has 474 valence electrons. The summed E-state index contributed by atoms with van der Waals surface area (Å²) in [5.41, 5.74) is 4.17. The monoisotopic (exact) mass is 1260 g/mol. The van der Waals surface area contributed by atoms with Crippen molar-refractivity contribution in [2.24, 2.45) is 34.8 Å². The lowest BCUT2D eigenvalue weighted by atomic mass is 9.49. The molecule has 26 heteroatoms. The Morgan fingerprint density at radius 2 is 1.29 bits per heavy atom. The molecule has 4 aliphatic carbocycles. The van der Waals surface area contributed by atoms with Crippen molar-refractivity contribution in [2.45, 2.75) is 120 Å². The van der Waals surface area contributed by atoms with Gasteiger partial charge < -0.3 is 88.4 Å². The molecule has 25 nitrogen and oxygen atoms in total. The second-order valence-electron chi connectivity index (χ2n) is 25.1. The molecule has 9 aliphatic rings. The topological polar surface area (TPSA) is 399 Å². The molecule has 0 aromatic heterocycles. The van der Waals surface area contributed by atoms with Crippen LogP contribution >= 0.6 is 11.6 Å². The average molecular weight is 1260 g/mol. The quantitative estimate of drug-likeness (QED) is 0.0940. The number of ether oxygens (including phenoxy) is 2. The Labute approximate surface area is 520 Å². The Morgan fingerprint density at radius 3 is 1.93 bits per heavy atom. The van der Waals surface area contributed by atoms with Crippen molar-refractivity contribution >= 4 is 58.9 Å². The predicted molar refractivity (Wildman–Crippen MR) is 321 cm³/mol. The van der Waals surface area contributed by atoms with Crippen molar-refractivity contribution in [3.63, 3.8) is 0 Å². The van der Waals surface area contributed by atoms with Gasteiger partial charge in [0.15, 0.2) is 11.5 Å². The van der Waals surface area contributed by atoms with E-state index in [0.29, 0.717) is 17.8 Å². The first kappa shape index (κ1) is 62.4. The van der Waals surface area contributed by atoms with E-state index < -0.39 is 143 Å². The normalized spacial score (nSPS) is 27.3. The maximum Gasteiger partial charge on any atom is 0.248 e. The number of nitrogens with one attached hydrogen (secondary N) is 8. The number of hydrogen-bond donors (Lipinski definition) is 15. The minimum Gasteiger partial charge on any atom is -0.508 e. The number of halogens is 1. The SMILES string of the molecule is CN[C@H](CC(C)C)C(=O)N[C@H]1C(=O)N[C@@H](CC(N)=O)C(=O)N[C@H]2C(=O)N[C@H]3C(=O)N[C@H](C(=O)N[C@H](C(=O)NCC45CC6CC(CC(C6)C4)C5)c4cc(O)cc(O)c4-c4cc3ccc4O)[C@H](O)c3ccc(cc3)Oc3cc2cc(c3O)Oc2ccc(cc2Cl)[C@H]1O. The van der Waals surface area contributed by atoms with Crippen molar-refractivity contribution < 1.29 is 78.5 Å². The molecule has 5 aliphatic heterocycles. The Hall–Kier alpha value is -9.17. The zero-order valence-electron chi connectivity index (χ0n) is 49.2. The lowest BCUT2D eigenvalue weighted by molar-refractivity contribution is -0.138. The molecule has 4 saturated carbocycles. The molecule has 0 spiro atoms. The summed E-state index contributed by atoms with van der Waals surface area (Å²) in [5, 5.41) is 92.1. The number of aliphatic hydroxyl groups excluding tert-OH is 2. The van der Waals surface area contributed by atoms with Crippen LogP contribution in [0.2, 0.25) is 5.02 Å². The first-order chi connectivity index (χ1) is 42.8. The van der Waals surface area contributed by atoms with Crippen molar-refractivity contribution in [1.82, 2.24) is 42.5 Å². The summed E-state index contributed by atoms with van der Waals surface area (Å²) in [6, 6.07) is 4.19. The van der Waals surface area contributed by atoms with Gasteiger partial charge in [-0.3, -0.25) is 38.4 Å². The number of aliphatic hydroxyl groups is 2. The number of hydrogen-bond acceptors (Lipinski definition) is 17. The molecule has 0 radical (unpaired) electrons. The number of amides is 8. The number of phenols is 4. The van der Waals surface area contributed by atoms with Crippen LogP contribution < -0.4 is 57.7 Å². The number of carbonyl (C=O) groups excluding carboxylic acids is 8. The maximum atomic E-state index is 15.6. The van der Waals surface area contributed by atoms with Gasteiger partial charge in [-0.05, 0) is 163 Å². The van der Waals surface area contributed by atoms with Crippen LogP contribution in [0.4, 0.5) is 0 Å². The van der Waals surface area contributed by atoms with Crippen LogP contribution in [0.1, 0.15) is 123 Å². The zero-order chi connectivity index (χ0) is 64.2. The first-order valence-corrected chi connectivity index (χ1v) is 30.1. The minimum absolute atomic E-state index is 0.00580. The van der Waals surface area contributed by atoms with Gasteiger partial charge in [-0.15, -0.1) is 0 Å². The molecule has 4 fully saturated rings. The molecule has 14 rings (SSSR count). The third kappa shape index (κ3) is 12.7. The maximum absolute atomic E-state index is 15.6. The summed E-state index contributed by atoms with van der Waals surface area (Å²) >= 11 is 6.82. The molecule has 5 aromatic rings. The highest BCUT2D eigenvalue weighted by molar-refractivity contribution is 6.32. The molecule has 0 saturated heterocycles. The van der Waals surface area contributed by atoms with E-state index in [1.54, 1.807) is 0 Å². The second-order valence-corrected chi connectivity index (χ2v) is 25.5. The fraction of sp³-hybridized carbons (Fsp3) is 0.406. The Morgan fingerprint density at radius 1 is 0.667 bits per heavy atom. The summed E-state index contributed by atoms with van der Waals surface area (Å²) in [6.07, 6.45) is 1.52. The molecule has 15 bridgehead atoms. The van der Waals surface area contributed by atoms with Crippen molar-refractivity contribution in [3.8, 4) is 57.1 Å². The summed E-state index contributed by atoms with van der Waals surface area (Å²) in [6.45, 7) is 3.95. The Bertz CT molecular complexity index is 3700. The summed E-state index contributed by atoms with van der Waals surface area (Å²) in [7, 11) is 1.52. The number of carbonyl (C=O) groups is 8. The van der Waals surface area contributed by atoms with Gasteiger partial charge in [0.25, 0.3) is 0 Å². The van der Waals surface area contributed by atoms with Crippen LogP contribution in [0.5, 0.6) is 46.0 Å². The standard InChI is InChI=1S/C64H70ClN9O16/c1-27(2)12-40(67-3)57(82)73-53-55(80)33-7-11-44(39(65)17-33)90-46-19-34-18-45(56(46)81)89-36-8-4-31(5-9-36)54(79)52-63(88)72-51(59(84)68-26-64-23-28-13-29(24-64)15-30(14-28)25-64)38-20-35(75)21-43(77)48(38)37-16-32(6-10-42(37)76)49(60(85)74-52)71-61(86)50(34)70-58(83)41(22-47(66)78)69-62(53)87/h4-11,16-21,27-30,40-41,49-55,67,75-77,79-81H,12-15,22-26H2,1-3H3,(H2,66,78)(H,68,84)(H,69,87)(H,70,83)(H,71,86)(H,72,88)(H,73,82)(H,74,85)/t28?,29?,30?,40-,41+,49-,50-,51+,52+,53-,54-,55-,64?/m1/s1. The van der Waals surface area contributed by atoms with Crippen molar-refractivity contribution in [1.29, 1.82) is 0 Å². The van der Waals surface area contributed by atoms with Gasteiger partial charge >= 0.3 is 0 Å². The fourth-order valence-corrected chi connectivity index (χ4v) is 14.4. The van der Waals surface area contributed by atoms with E-state index in [0.717, 1.165) is 68.9 Å². The third-order valence-electron chi connectivity index (χ3n) is 18.1. The van der Waals surface area contributed by atoms with Gasteiger partial charge in [-0.2, -0.15) is 0 Å². The van der Waals surface area contributed by atoms with Crippen molar-refractivity contribution in [3.05, 3.63) is 118 Å². The van der Waals surface area contributed by atoms with Gasteiger partial charge in [0.1, 0.15) is 77.2 Å². The van der Waals surface area contributed by atoms with E-state index in [1.807, 2.05) is 13.8 Å². The van der Waals surface area contributed by atoms with Gasteiger partial charge in [0.2, 0.25) is 53.0 Å². The number of likely N-dealkylation sites (N-methyl/N-ethyl adjacent to an activating group) is 1. The van der Waals surface area contributed by atoms with Crippen molar-refractivity contribution in [2.75, 3.05) is 13.6 Å². The number of fused-ring (bicyclic) bond motifs is 15. The molecule has 16 N–H and O–H groups in total. The van der Waals surface area contributed by atoms with Crippen LogP contribution in [0.15, 0.2) is 84.9 Å². The summed E-state index contributed by atoms with van der Waals surface area (Å²) in [4.78, 5) is 117. The number of phenolic OH excluding ortho intramolecular Hbond substituents is 4. The van der Waals surface area contributed by atoms with E-state index in [4.69, 9.17) is 26.8 Å². The van der Waals surface area contributed by atoms with Gasteiger partial charge in [-0.25, -0.2) is 0 Å². The van der Waals surface area contributed by atoms with E-state index in [-0.39, 0.29) is 79.8 Å². The third-order valence-corrected chi connectivity index (χ3v) is 18.4. The largest absolute Gasteiger partial charge is 0.508 e. The fourth-order valence-electron chi connectivity index (χ4n) is 14.2. The molecule has 90 heavy (non-hydrogen) atoms. The highest BCUT2D eigenvalue weighted by Crippen LogP contribution is 2.60. The molecule has 8 amide bonds. The number of nitrogens with two attached hydrogens (primary N) is 1. The number of benzene rings is 5. The summed E-state index contributed by atoms with van der Waals surface area (Å²) < 4.78 is 12.4. The molecule has 9 atom stereocenters. The molecular weight excluding hydrogens is 1190 g/mol. The molecule has 5 heterocycles. The van der Waals surface area contributed by atoms with Crippen LogP contribution in [0.3, 0.4) is 0 Å². The number of primary amides is 1. The van der Waals surface area contributed by atoms with E-state index >= 15 is 14.4 Å². The van der Waals surface area contributed by atoms with Crippen LogP contribution in [-0.4, -0.2) is 116 Å². The van der Waals surface area contributed by atoms with Gasteiger partial charge in [0.05, 0.1) is 17.5 Å². The van der Waals surface area contributed by atoms with Crippen LogP contribution in [-0.2, 0) is 38.4 Å². The van der Waals surface area contributed by atoms with E-state index in [1.165, 1.54) is 61.6 Å². The summed E-state index contributed by atoms with van der Waals surface area (Å²) in [5.74, 6) is -11.0. The Balaban J connectivity index is 1.05. The molecule has 0 unspecified atom stereocenters. The van der Waals surface area contributed by atoms with Crippen LogP contribution in [0.25, 0.3) is 11.1 Å². The van der Waals surface area contributed by atoms with Gasteiger partial charge in [-0.1, -0.05) is 49.7 Å². The molecular formula is C64H70ClN9O16. The van der Waals surface area contributed by atoms with Gasteiger partial charge in [0, 0.05) is 23.7 Å².